The minimum absolute atomic E-state index is 0.203. The van der Waals surface area contributed by atoms with Crippen LogP contribution in [0.1, 0.15) is 10.4 Å². The van der Waals surface area contributed by atoms with Crippen molar-refractivity contribution in [2.45, 2.75) is 6.36 Å². The number of carbonyl (C=O) groups is 1. The molecule has 1 rings (SSSR count). The van der Waals surface area contributed by atoms with E-state index in [2.05, 4.69) is 9.72 Å². The topological polar surface area (TPSA) is 39.2 Å². The quantitative estimate of drug-likeness (QED) is 0.424. The number of hydrogen-bond acceptors (Lipinski definition) is 3. The van der Waals surface area contributed by atoms with Crippen LogP contribution in [0.5, 0.6) is 5.75 Å². The Labute approximate surface area is 75.3 Å². The van der Waals surface area contributed by atoms with E-state index >= 15 is 0 Å². The molecular weight excluding hydrogens is 206 g/mol. The minimum atomic E-state index is -5.01. The van der Waals surface area contributed by atoms with Gasteiger partial charge in [0, 0.05) is 11.8 Å². The van der Waals surface area contributed by atoms with E-state index in [4.69, 9.17) is 0 Å². The molecule has 0 spiro atoms. The average molecular weight is 209 g/mol. The summed E-state index contributed by atoms with van der Waals surface area (Å²) in [7, 11) is 0. The molecule has 1 heterocycles. The summed E-state index contributed by atoms with van der Waals surface area (Å²) >= 11 is 0. The minimum Gasteiger partial charge on any atom is -0.401 e. The molecule has 0 amide bonds. The van der Waals surface area contributed by atoms with Crippen LogP contribution in [0, 0.1) is 5.95 Å². The number of alkyl halides is 3. The Balaban J connectivity index is 3.01. The summed E-state index contributed by atoms with van der Waals surface area (Å²) in [5, 5.41) is 0. The molecule has 0 N–H and O–H groups in total. The van der Waals surface area contributed by atoms with Crippen molar-refractivity contribution < 1.29 is 27.1 Å². The van der Waals surface area contributed by atoms with Gasteiger partial charge in [0.05, 0.1) is 0 Å². The van der Waals surface area contributed by atoms with E-state index < -0.39 is 18.1 Å². The highest BCUT2D eigenvalue weighted by Crippen LogP contribution is 2.24. The smallest absolute Gasteiger partial charge is 0.401 e. The van der Waals surface area contributed by atoms with Crippen LogP contribution in [0.4, 0.5) is 17.6 Å². The zero-order chi connectivity index (χ0) is 10.8. The Hall–Kier alpha value is -1.66. The van der Waals surface area contributed by atoms with Crippen LogP contribution in [0.2, 0.25) is 0 Å². The molecule has 0 aliphatic rings. The fraction of sp³-hybridized carbons (Fsp3) is 0.143. The molecule has 0 fully saturated rings. The van der Waals surface area contributed by atoms with Gasteiger partial charge in [-0.3, -0.25) is 4.79 Å². The Kier molecular flexibility index (Phi) is 2.68. The summed E-state index contributed by atoms with van der Waals surface area (Å²) in [5.74, 6) is -2.55. The van der Waals surface area contributed by atoms with Gasteiger partial charge < -0.3 is 4.74 Å². The summed E-state index contributed by atoms with van der Waals surface area (Å²) < 4.78 is 50.8. The van der Waals surface area contributed by atoms with Gasteiger partial charge in [-0.15, -0.1) is 13.2 Å². The normalized spacial score (nSPS) is 11.1. The lowest BCUT2D eigenvalue weighted by atomic mass is 10.3. The highest BCUT2D eigenvalue weighted by atomic mass is 19.4. The van der Waals surface area contributed by atoms with Crippen molar-refractivity contribution in [3.05, 3.63) is 23.8 Å². The fourth-order valence-corrected chi connectivity index (χ4v) is 0.704. The molecule has 0 saturated heterocycles. The van der Waals surface area contributed by atoms with Gasteiger partial charge in [0.15, 0.2) is 12.0 Å². The highest BCUT2D eigenvalue weighted by Gasteiger charge is 2.32. The van der Waals surface area contributed by atoms with E-state index in [9.17, 15) is 22.4 Å². The molecule has 1 aromatic heterocycles. The second-order valence-electron chi connectivity index (χ2n) is 2.22. The van der Waals surface area contributed by atoms with Gasteiger partial charge in [-0.05, 0) is 6.07 Å². The first-order valence-electron chi connectivity index (χ1n) is 3.29. The van der Waals surface area contributed by atoms with Crippen molar-refractivity contribution in [1.29, 1.82) is 0 Å². The summed E-state index contributed by atoms with van der Waals surface area (Å²) in [6.45, 7) is 0. The maximum atomic E-state index is 12.6. The molecule has 76 valence electrons. The Morgan fingerprint density at radius 2 is 2.07 bits per heavy atom. The molecule has 3 nitrogen and oxygen atoms in total. The second-order valence-corrected chi connectivity index (χ2v) is 2.22. The molecule has 0 aromatic carbocycles. The number of pyridine rings is 1. The molecule has 7 heteroatoms. The molecule has 0 aliphatic carbocycles. The third-order valence-electron chi connectivity index (χ3n) is 1.19. The number of halogens is 4. The zero-order valence-corrected chi connectivity index (χ0v) is 6.51. The first-order chi connectivity index (χ1) is 6.42. The monoisotopic (exact) mass is 209 g/mol. The summed E-state index contributed by atoms with van der Waals surface area (Å²) in [4.78, 5) is 13.0. The van der Waals surface area contributed by atoms with E-state index in [1.54, 1.807) is 0 Å². The molecule has 0 saturated carbocycles. The maximum absolute atomic E-state index is 12.6. The van der Waals surface area contributed by atoms with Gasteiger partial charge >= 0.3 is 6.36 Å². The zero-order valence-electron chi connectivity index (χ0n) is 6.51. The molecule has 1 aromatic rings. The van der Waals surface area contributed by atoms with Crippen LogP contribution in [0.3, 0.4) is 0 Å². The molecule has 0 radical (unpaired) electrons. The maximum Gasteiger partial charge on any atom is 0.573 e. The number of ether oxygens (including phenoxy) is 1. The second kappa shape index (κ2) is 3.60. The van der Waals surface area contributed by atoms with Gasteiger partial charge in [0.2, 0.25) is 0 Å². The molecular formula is C7H3F4NO2. The molecule has 0 unspecified atom stereocenters. The van der Waals surface area contributed by atoms with Crippen molar-refractivity contribution in [3.63, 3.8) is 0 Å². The molecule has 0 atom stereocenters. The van der Waals surface area contributed by atoms with E-state index in [1.807, 2.05) is 0 Å². The first-order valence-corrected chi connectivity index (χ1v) is 3.29. The van der Waals surface area contributed by atoms with Gasteiger partial charge in [-0.2, -0.15) is 4.39 Å². The summed E-state index contributed by atoms with van der Waals surface area (Å²) in [5.41, 5.74) is -0.203. The van der Waals surface area contributed by atoms with Crippen LogP contribution >= 0.6 is 0 Å². The Bertz CT molecular complexity index is 350. The van der Waals surface area contributed by atoms with Crippen molar-refractivity contribution >= 4 is 6.29 Å². The molecule has 0 bridgehead atoms. The van der Waals surface area contributed by atoms with Crippen molar-refractivity contribution in [2.24, 2.45) is 0 Å². The number of carbonyl (C=O) groups excluding carboxylic acids is 1. The summed E-state index contributed by atoms with van der Waals surface area (Å²) in [6.07, 6.45) is -3.98. The number of nitrogens with zero attached hydrogens (tertiary/aromatic N) is 1. The molecule has 14 heavy (non-hydrogen) atoms. The third-order valence-corrected chi connectivity index (χ3v) is 1.19. The number of aromatic nitrogens is 1. The van der Waals surface area contributed by atoms with Crippen molar-refractivity contribution in [3.8, 4) is 5.75 Å². The molecule has 0 aliphatic heterocycles. The lowest BCUT2D eigenvalue weighted by Gasteiger charge is -2.08. The number of rotatable bonds is 2. The van der Waals surface area contributed by atoms with Gasteiger partial charge in [-0.1, -0.05) is 0 Å². The van der Waals surface area contributed by atoms with Crippen LogP contribution in [0.25, 0.3) is 0 Å². The lowest BCUT2D eigenvalue weighted by Crippen LogP contribution is -2.18. The summed E-state index contributed by atoms with van der Waals surface area (Å²) in [6, 6.07) is 0.614. The Morgan fingerprint density at radius 3 is 2.57 bits per heavy atom. The van der Waals surface area contributed by atoms with E-state index in [0.29, 0.717) is 6.07 Å². The van der Waals surface area contributed by atoms with Crippen molar-refractivity contribution in [2.75, 3.05) is 0 Å². The van der Waals surface area contributed by atoms with Crippen LogP contribution in [-0.2, 0) is 0 Å². The van der Waals surface area contributed by atoms with Gasteiger partial charge in [0.1, 0.15) is 0 Å². The van der Waals surface area contributed by atoms with Crippen LogP contribution < -0.4 is 4.74 Å². The first kappa shape index (κ1) is 10.4. The third kappa shape index (κ3) is 2.68. The predicted molar refractivity (Wildman–Crippen MR) is 36.3 cm³/mol. The SMILES string of the molecule is O=Cc1cnc(F)c(OC(F)(F)F)c1. The van der Waals surface area contributed by atoms with E-state index in [-0.39, 0.29) is 11.8 Å². The fourth-order valence-electron chi connectivity index (χ4n) is 0.704. The largest absolute Gasteiger partial charge is 0.573 e. The standard InChI is InChI=1S/C7H3F4NO2/c8-6-5(14-7(9,10)11)1-4(3-13)2-12-6/h1-3H. The van der Waals surface area contributed by atoms with Gasteiger partial charge in [0.25, 0.3) is 5.95 Å². The van der Waals surface area contributed by atoms with Crippen molar-refractivity contribution in [1.82, 2.24) is 4.98 Å². The van der Waals surface area contributed by atoms with Gasteiger partial charge in [-0.25, -0.2) is 4.98 Å². The van der Waals surface area contributed by atoms with E-state index in [0.717, 1.165) is 6.20 Å². The number of aldehydes is 1. The predicted octanol–water partition coefficient (Wildman–Crippen LogP) is 1.93. The van der Waals surface area contributed by atoms with Crippen LogP contribution in [-0.4, -0.2) is 17.6 Å². The van der Waals surface area contributed by atoms with Crippen LogP contribution in [0.15, 0.2) is 12.3 Å². The Morgan fingerprint density at radius 1 is 1.43 bits per heavy atom. The lowest BCUT2D eigenvalue weighted by molar-refractivity contribution is -0.275. The highest BCUT2D eigenvalue weighted by molar-refractivity contribution is 5.74. The number of hydrogen-bond donors (Lipinski definition) is 0. The van der Waals surface area contributed by atoms with E-state index in [1.165, 1.54) is 0 Å². The average Bonchev–Trinajstić information content (AvgIpc) is 2.06.